The van der Waals surface area contributed by atoms with Gasteiger partial charge in [-0.25, -0.2) is 18.4 Å². The van der Waals surface area contributed by atoms with Crippen molar-refractivity contribution >= 4 is 26.6 Å². The highest BCUT2D eigenvalue weighted by molar-refractivity contribution is 7.92. The average molecular weight is 461 g/mol. The van der Waals surface area contributed by atoms with Gasteiger partial charge in [0.15, 0.2) is 15.7 Å². The fraction of sp³-hybridized carbons (Fsp3) is 0.280. The van der Waals surface area contributed by atoms with Crippen LogP contribution >= 0.6 is 0 Å². The third kappa shape index (κ3) is 3.32. The predicted molar refractivity (Wildman–Crippen MR) is 127 cm³/mol. The first-order valence-corrected chi connectivity index (χ1v) is 12.7. The first-order valence-electron chi connectivity index (χ1n) is 11.2. The van der Waals surface area contributed by atoms with Gasteiger partial charge < -0.3 is 14.6 Å². The minimum Gasteiger partial charge on any atom is -0.378 e. The lowest BCUT2D eigenvalue weighted by Gasteiger charge is -2.29. The molecule has 1 saturated carbocycles. The first-order chi connectivity index (χ1) is 16.1. The van der Waals surface area contributed by atoms with Crippen molar-refractivity contribution in [3.05, 3.63) is 72.6 Å². The summed E-state index contributed by atoms with van der Waals surface area (Å²) in [6.45, 7) is 2.66. The molecule has 8 heteroatoms. The van der Waals surface area contributed by atoms with Crippen molar-refractivity contribution in [2.75, 3.05) is 31.2 Å². The minimum absolute atomic E-state index is 0.336. The van der Waals surface area contributed by atoms with Crippen LogP contribution in [-0.4, -0.2) is 49.7 Å². The number of anilines is 1. The monoisotopic (exact) mass is 460 g/mol. The molecule has 4 aromatic rings. The number of ether oxygens (including phenoxy) is 1. The van der Waals surface area contributed by atoms with Crippen molar-refractivity contribution in [1.29, 1.82) is 0 Å². The van der Waals surface area contributed by atoms with E-state index in [2.05, 4.69) is 9.88 Å². The smallest absolute Gasteiger partial charge is 0.189 e. The van der Waals surface area contributed by atoms with Gasteiger partial charge in [0.25, 0.3) is 0 Å². The number of fused-ring (bicyclic) bond motifs is 1. The largest absolute Gasteiger partial charge is 0.378 e. The van der Waals surface area contributed by atoms with Crippen molar-refractivity contribution in [3.8, 4) is 11.4 Å². The average Bonchev–Trinajstić information content (AvgIpc) is 3.56. The maximum absolute atomic E-state index is 13.7. The molecule has 0 unspecified atom stereocenters. The highest BCUT2D eigenvalue weighted by Crippen LogP contribution is 2.55. The number of aromatic amines is 1. The normalized spacial score (nSPS) is 17.9. The molecule has 2 aromatic carbocycles. The van der Waals surface area contributed by atoms with Crippen LogP contribution in [0, 0.1) is 0 Å². The lowest BCUT2D eigenvalue weighted by Crippen LogP contribution is -2.37. The van der Waals surface area contributed by atoms with Gasteiger partial charge in [0.2, 0.25) is 0 Å². The van der Waals surface area contributed by atoms with E-state index in [0.29, 0.717) is 55.6 Å². The Bertz CT molecular complexity index is 1420. The molecule has 168 valence electrons. The number of aromatic nitrogens is 3. The van der Waals surface area contributed by atoms with Crippen molar-refractivity contribution in [2.24, 2.45) is 0 Å². The summed E-state index contributed by atoms with van der Waals surface area (Å²) in [7, 11) is -3.60. The van der Waals surface area contributed by atoms with Gasteiger partial charge in [-0.15, -0.1) is 0 Å². The van der Waals surface area contributed by atoms with Gasteiger partial charge in [-0.1, -0.05) is 30.3 Å². The molecule has 1 N–H and O–H groups in total. The molecule has 2 aromatic heterocycles. The van der Waals surface area contributed by atoms with Gasteiger partial charge in [-0.05, 0) is 37.1 Å². The lowest BCUT2D eigenvalue weighted by atomic mass is 10.1. The number of H-pyrrole nitrogens is 1. The third-order valence-electron chi connectivity index (χ3n) is 6.62. The van der Waals surface area contributed by atoms with Gasteiger partial charge in [0.1, 0.15) is 10.6 Å². The van der Waals surface area contributed by atoms with E-state index >= 15 is 0 Å². The summed E-state index contributed by atoms with van der Waals surface area (Å²) >= 11 is 0. The Balaban J connectivity index is 1.54. The Morgan fingerprint density at radius 2 is 1.73 bits per heavy atom. The van der Waals surface area contributed by atoms with Gasteiger partial charge in [-0.2, -0.15) is 0 Å². The van der Waals surface area contributed by atoms with Gasteiger partial charge >= 0.3 is 0 Å². The molecule has 1 aliphatic heterocycles. The van der Waals surface area contributed by atoms with Gasteiger partial charge in [0.05, 0.1) is 23.8 Å². The number of nitrogens with one attached hydrogen (secondary N) is 1. The standard InChI is InChI=1S/C25H24N4O3S/c30-33(31,18-5-2-1-3-6-18)25(10-11-25)22-17-23(29-13-15-32-16-14-29)28-24(27-22)20-7-4-8-21-19(20)9-12-26-21/h1-9,12,17,26H,10-11,13-16H2. The Hall–Kier alpha value is -3.23. The quantitative estimate of drug-likeness (QED) is 0.486. The SMILES string of the molecule is O=S(=O)(c1ccccc1)C1(c2cc(N3CCOCC3)nc(-c3cccc4[nH]ccc34)n2)CC1. The zero-order valence-electron chi connectivity index (χ0n) is 18.1. The predicted octanol–water partition coefficient (Wildman–Crippen LogP) is 3.92. The van der Waals surface area contributed by atoms with E-state index in [4.69, 9.17) is 14.7 Å². The number of benzene rings is 2. The second kappa shape index (κ2) is 7.67. The van der Waals surface area contributed by atoms with Crippen molar-refractivity contribution in [1.82, 2.24) is 15.0 Å². The molecule has 2 fully saturated rings. The highest BCUT2D eigenvalue weighted by atomic mass is 32.2. The van der Waals surface area contributed by atoms with E-state index in [1.54, 1.807) is 24.3 Å². The molecule has 1 saturated heterocycles. The van der Waals surface area contributed by atoms with Gasteiger partial charge in [0, 0.05) is 41.8 Å². The van der Waals surface area contributed by atoms with Crippen molar-refractivity contribution < 1.29 is 13.2 Å². The summed E-state index contributed by atoms with van der Waals surface area (Å²) in [5, 5.41) is 1.01. The van der Waals surface area contributed by atoms with Crippen molar-refractivity contribution in [3.63, 3.8) is 0 Å². The maximum Gasteiger partial charge on any atom is 0.189 e. The van der Waals surface area contributed by atoms with Crippen LogP contribution in [0.5, 0.6) is 0 Å². The topological polar surface area (TPSA) is 88.2 Å². The molecule has 3 heterocycles. The number of hydrogen-bond donors (Lipinski definition) is 1. The second-order valence-electron chi connectivity index (χ2n) is 8.59. The first kappa shape index (κ1) is 20.4. The fourth-order valence-corrected chi connectivity index (χ4v) is 6.61. The number of nitrogens with zero attached hydrogens (tertiary/aromatic N) is 3. The molecule has 1 aliphatic carbocycles. The molecule has 33 heavy (non-hydrogen) atoms. The minimum atomic E-state index is -3.60. The Morgan fingerprint density at radius 3 is 2.48 bits per heavy atom. The number of sulfone groups is 1. The zero-order valence-corrected chi connectivity index (χ0v) is 18.9. The van der Waals surface area contributed by atoms with Crippen molar-refractivity contribution in [2.45, 2.75) is 22.5 Å². The molecule has 2 aliphatic rings. The summed E-state index contributed by atoms with van der Waals surface area (Å²) in [6.07, 6.45) is 3.00. The van der Waals surface area contributed by atoms with Crippen LogP contribution in [0.2, 0.25) is 0 Å². The molecule has 7 nitrogen and oxygen atoms in total. The van der Waals surface area contributed by atoms with E-state index in [1.165, 1.54) is 0 Å². The highest BCUT2D eigenvalue weighted by Gasteiger charge is 2.58. The summed E-state index contributed by atoms with van der Waals surface area (Å²) in [5.41, 5.74) is 2.45. The van der Waals surface area contributed by atoms with E-state index in [9.17, 15) is 8.42 Å². The Labute approximate surface area is 192 Å². The van der Waals surface area contributed by atoms with E-state index in [0.717, 1.165) is 22.3 Å². The summed E-state index contributed by atoms with van der Waals surface area (Å²) in [5.74, 6) is 1.30. The molecular formula is C25H24N4O3S. The van der Waals surface area contributed by atoms with Crippen LogP contribution in [0.4, 0.5) is 5.82 Å². The molecule has 0 bridgehead atoms. The lowest BCUT2D eigenvalue weighted by molar-refractivity contribution is 0.122. The molecular weight excluding hydrogens is 436 g/mol. The second-order valence-corrected chi connectivity index (χ2v) is 10.8. The third-order valence-corrected chi connectivity index (χ3v) is 9.16. The zero-order chi connectivity index (χ0) is 22.5. The van der Waals surface area contributed by atoms with E-state index < -0.39 is 14.6 Å². The molecule has 6 rings (SSSR count). The summed E-state index contributed by atoms with van der Waals surface area (Å²) < 4.78 is 32.0. The van der Waals surface area contributed by atoms with Crippen LogP contribution in [0.3, 0.4) is 0 Å². The van der Waals surface area contributed by atoms with Crippen LogP contribution in [0.1, 0.15) is 18.5 Å². The molecule has 0 radical (unpaired) electrons. The van der Waals surface area contributed by atoms with Crippen LogP contribution in [0.15, 0.2) is 71.8 Å². The fourth-order valence-electron chi connectivity index (χ4n) is 4.62. The molecule has 0 amide bonds. The Morgan fingerprint density at radius 1 is 0.939 bits per heavy atom. The Kier molecular flexibility index (Phi) is 4.74. The number of rotatable bonds is 5. The van der Waals surface area contributed by atoms with E-state index in [-0.39, 0.29) is 0 Å². The molecule has 0 atom stereocenters. The summed E-state index contributed by atoms with van der Waals surface area (Å²) in [6, 6.07) is 18.5. The van der Waals surface area contributed by atoms with Crippen LogP contribution in [0.25, 0.3) is 22.3 Å². The maximum atomic E-state index is 13.7. The molecule has 0 spiro atoms. The van der Waals surface area contributed by atoms with Crippen LogP contribution < -0.4 is 4.90 Å². The number of hydrogen-bond acceptors (Lipinski definition) is 6. The van der Waals surface area contributed by atoms with Crippen LogP contribution in [-0.2, 0) is 19.3 Å². The summed E-state index contributed by atoms with van der Waals surface area (Å²) in [4.78, 5) is 15.5. The van der Waals surface area contributed by atoms with E-state index in [1.807, 2.05) is 42.6 Å². The van der Waals surface area contributed by atoms with Gasteiger partial charge in [-0.3, -0.25) is 0 Å². The number of morpholine rings is 1.